The number of thiocarbonyl (C=S) groups is 1. The molecule has 1 aromatic carbocycles. The first-order chi connectivity index (χ1) is 9.04. The molecule has 3 N–H and O–H groups in total. The van der Waals surface area contributed by atoms with Gasteiger partial charge in [0.05, 0.1) is 5.02 Å². The van der Waals surface area contributed by atoms with Gasteiger partial charge in [0.2, 0.25) is 0 Å². The molecule has 0 heterocycles. The predicted octanol–water partition coefficient (Wildman–Crippen LogP) is 2.27. The van der Waals surface area contributed by atoms with E-state index < -0.39 is 0 Å². The van der Waals surface area contributed by atoms with Crippen molar-refractivity contribution in [1.29, 1.82) is 0 Å². The minimum atomic E-state index is -0.150. The minimum absolute atomic E-state index is 0.0353. The van der Waals surface area contributed by atoms with E-state index in [1.165, 1.54) is 0 Å². The van der Waals surface area contributed by atoms with Gasteiger partial charge in [-0.25, -0.2) is 0 Å². The number of halogens is 1. The van der Waals surface area contributed by atoms with Gasteiger partial charge in [-0.2, -0.15) is 0 Å². The maximum atomic E-state index is 11.4. The molecule has 0 atom stereocenters. The van der Waals surface area contributed by atoms with E-state index in [1.807, 2.05) is 0 Å². The molecule has 104 valence electrons. The van der Waals surface area contributed by atoms with Crippen molar-refractivity contribution < 1.29 is 9.53 Å². The molecule has 0 saturated carbocycles. The van der Waals surface area contributed by atoms with Crippen LogP contribution in [0.5, 0.6) is 5.75 Å². The molecule has 0 aromatic heterocycles. The summed E-state index contributed by atoms with van der Waals surface area (Å²) in [6.45, 7) is 2.69. The second-order valence-corrected chi connectivity index (χ2v) is 4.85. The predicted molar refractivity (Wildman–Crippen MR) is 80.8 cm³/mol. The maximum Gasteiger partial charge on any atom is 0.257 e. The highest BCUT2D eigenvalue weighted by Gasteiger charge is 2.06. The number of hydrogen-bond donors (Lipinski definition) is 2. The molecule has 0 saturated heterocycles. The van der Waals surface area contributed by atoms with Gasteiger partial charge in [0.15, 0.2) is 6.61 Å². The SMILES string of the molecule is CCCCNC(=O)COc1ccc(C(N)=S)c(Cl)c1. The normalized spacial score (nSPS) is 10.0. The van der Waals surface area contributed by atoms with E-state index in [0.717, 1.165) is 12.8 Å². The largest absolute Gasteiger partial charge is 0.484 e. The van der Waals surface area contributed by atoms with Gasteiger partial charge >= 0.3 is 0 Å². The highest BCUT2D eigenvalue weighted by atomic mass is 35.5. The molecule has 1 rings (SSSR count). The van der Waals surface area contributed by atoms with Gasteiger partial charge in [-0.05, 0) is 24.6 Å². The van der Waals surface area contributed by atoms with Gasteiger partial charge in [0, 0.05) is 12.1 Å². The number of hydrogen-bond acceptors (Lipinski definition) is 3. The summed E-state index contributed by atoms with van der Waals surface area (Å²) in [5.74, 6) is 0.360. The average Bonchev–Trinajstić information content (AvgIpc) is 2.36. The highest BCUT2D eigenvalue weighted by Crippen LogP contribution is 2.22. The third kappa shape index (κ3) is 5.44. The van der Waals surface area contributed by atoms with Crippen molar-refractivity contribution in [3.05, 3.63) is 28.8 Å². The van der Waals surface area contributed by atoms with Crippen LogP contribution >= 0.6 is 23.8 Å². The lowest BCUT2D eigenvalue weighted by molar-refractivity contribution is -0.123. The fraction of sp³-hybridized carbons (Fsp3) is 0.385. The standard InChI is InChI=1S/C13H17ClN2O2S/c1-2-3-6-16-12(17)8-18-9-4-5-10(13(15)19)11(14)7-9/h4-5,7H,2-3,6,8H2,1H3,(H2,15,19)(H,16,17). The van der Waals surface area contributed by atoms with Crippen LogP contribution in [0.1, 0.15) is 25.3 Å². The van der Waals surface area contributed by atoms with E-state index >= 15 is 0 Å². The molecule has 0 aliphatic rings. The lowest BCUT2D eigenvalue weighted by Crippen LogP contribution is -2.29. The number of benzene rings is 1. The van der Waals surface area contributed by atoms with Gasteiger partial charge in [-0.3, -0.25) is 4.79 Å². The van der Waals surface area contributed by atoms with Gasteiger partial charge in [0.25, 0.3) is 5.91 Å². The number of amides is 1. The van der Waals surface area contributed by atoms with Crippen molar-refractivity contribution >= 4 is 34.7 Å². The molecule has 6 heteroatoms. The summed E-state index contributed by atoms with van der Waals surface area (Å²) in [5.41, 5.74) is 6.09. The number of unbranched alkanes of at least 4 members (excludes halogenated alkanes) is 1. The number of carbonyl (C=O) groups is 1. The minimum Gasteiger partial charge on any atom is -0.484 e. The van der Waals surface area contributed by atoms with Crippen molar-refractivity contribution in [3.63, 3.8) is 0 Å². The van der Waals surface area contributed by atoms with E-state index in [9.17, 15) is 4.79 Å². The monoisotopic (exact) mass is 300 g/mol. The van der Waals surface area contributed by atoms with Crippen molar-refractivity contribution in [2.24, 2.45) is 5.73 Å². The molecule has 0 spiro atoms. The summed E-state index contributed by atoms with van der Waals surface area (Å²) < 4.78 is 5.33. The Labute approximate surface area is 123 Å². The van der Waals surface area contributed by atoms with Crippen LogP contribution in [0.15, 0.2) is 18.2 Å². The molecule has 0 unspecified atom stereocenters. The van der Waals surface area contributed by atoms with Crippen LogP contribution in [-0.2, 0) is 4.79 Å². The van der Waals surface area contributed by atoms with Crippen LogP contribution in [0.4, 0.5) is 0 Å². The van der Waals surface area contributed by atoms with Gasteiger partial charge in [-0.1, -0.05) is 37.2 Å². The summed E-state index contributed by atoms with van der Waals surface area (Å²) in [4.78, 5) is 11.7. The fourth-order valence-corrected chi connectivity index (χ4v) is 1.90. The first-order valence-corrected chi connectivity index (χ1v) is 6.82. The first-order valence-electron chi connectivity index (χ1n) is 6.03. The molecule has 0 bridgehead atoms. The summed E-state index contributed by atoms with van der Waals surface area (Å²) in [6, 6.07) is 4.95. The Hall–Kier alpha value is -1.33. The van der Waals surface area contributed by atoms with Crippen LogP contribution in [0.3, 0.4) is 0 Å². The molecule has 0 fully saturated rings. The lowest BCUT2D eigenvalue weighted by atomic mass is 10.2. The third-order valence-corrected chi connectivity index (χ3v) is 2.96. The van der Waals surface area contributed by atoms with E-state index in [4.69, 9.17) is 34.3 Å². The number of rotatable bonds is 7. The Morgan fingerprint density at radius 3 is 2.84 bits per heavy atom. The fourth-order valence-electron chi connectivity index (χ4n) is 1.39. The quantitative estimate of drug-likeness (QED) is 0.599. The molecule has 4 nitrogen and oxygen atoms in total. The lowest BCUT2D eigenvalue weighted by Gasteiger charge is -2.09. The zero-order chi connectivity index (χ0) is 14.3. The van der Waals surface area contributed by atoms with Crippen molar-refractivity contribution in [1.82, 2.24) is 5.32 Å². The zero-order valence-corrected chi connectivity index (χ0v) is 12.3. The van der Waals surface area contributed by atoms with Crippen molar-refractivity contribution in [2.45, 2.75) is 19.8 Å². The van der Waals surface area contributed by atoms with Gasteiger partial charge in [-0.15, -0.1) is 0 Å². The van der Waals surface area contributed by atoms with Crippen molar-refractivity contribution in [3.8, 4) is 5.75 Å². The van der Waals surface area contributed by atoms with Gasteiger partial charge in [0.1, 0.15) is 10.7 Å². The molecular weight excluding hydrogens is 284 g/mol. The zero-order valence-electron chi connectivity index (χ0n) is 10.7. The van der Waals surface area contributed by atoms with E-state index in [2.05, 4.69) is 12.2 Å². The summed E-state index contributed by atoms with van der Waals surface area (Å²) in [5, 5.41) is 3.17. The van der Waals surface area contributed by atoms with Crippen LogP contribution in [0.2, 0.25) is 5.02 Å². The molecule has 0 radical (unpaired) electrons. The van der Waals surface area contributed by atoms with Crippen LogP contribution in [0.25, 0.3) is 0 Å². The Morgan fingerprint density at radius 2 is 2.26 bits per heavy atom. The van der Waals surface area contributed by atoms with Crippen LogP contribution in [0, 0.1) is 0 Å². The number of nitrogens with two attached hydrogens (primary N) is 1. The third-order valence-electron chi connectivity index (χ3n) is 2.43. The second kappa shape index (κ2) is 7.96. The molecule has 0 aliphatic carbocycles. The van der Waals surface area contributed by atoms with E-state index in [0.29, 0.717) is 22.9 Å². The van der Waals surface area contributed by atoms with Gasteiger partial charge < -0.3 is 15.8 Å². The number of ether oxygens (including phenoxy) is 1. The Morgan fingerprint density at radius 1 is 1.53 bits per heavy atom. The first kappa shape index (κ1) is 15.7. The molecule has 1 aromatic rings. The van der Waals surface area contributed by atoms with E-state index in [1.54, 1.807) is 18.2 Å². The molecule has 19 heavy (non-hydrogen) atoms. The summed E-state index contributed by atoms with van der Waals surface area (Å²) in [6.07, 6.45) is 2.00. The number of carbonyl (C=O) groups excluding carboxylic acids is 1. The summed E-state index contributed by atoms with van der Waals surface area (Å²) >= 11 is 10.8. The average molecular weight is 301 g/mol. The Kier molecular flexibility index (Phi) is 6.59. The van der Waals surface area contributed by atoms with Crippen molar-refractivity contribution in [2.75, 3.05) is 13.2 Å². The second-order valence-electron chi connectivity index (χ2n) is 4.00. The topological polar surface area (TPSA) is 64.3 Å². The molecular formula is C13H17ClN2O2S. The number of nitrogens with one attached hydrogen (secondary N) is 1. The highest BCUT2D eigenvalue weighted by molar-refractivity contribution is 7.80. The summed E-state index contributed by atoms with van der Waals surface area (Å²) in [7, 11) is 0. The Balaban J connectivity index is 2.48. The maximum absolute atomic E-state index is 11.4. The Bertz CT molecular complexity index is 466. The smallest absolute Gasteiger partial charge is 0.257 e. The van der Waals surface area contributed by atoms with E-state index in [-0.39, 0.29) is 17.5 Å². The van der Waals surface area contributed by atoms with Crippen LogP contribution < -0.4 is 15.8 Å². The molecule has 1 amide bonds. The van der Waals surface area contributed by atoms with Crippen LogP contribution in [-0.4, -0.2) is 24.0 Å². The molecule has 0 aliphatic heterocycles.